The van der Waals surface area contributed by atoms with Gasteiger partial charge in [0.25, 0.3) is 0 Å². The van der Waals surface area contributed by atoms with Crippen molar-refractivity contribution in [2.75, 3.05) is 6.61 Å². The zero-order valence-electron chi connectivity index (χ0n) is 8.31. The first-order chi connectivity index (χ1) is 7.61. The highest BCUT2D eigenvalue weighted by Gasteiger charge is 2.31. The van der Waals surface area contributed by atoms with Crippen LogP contribution in [-0.4, -0.2) is 22.6 Å². The Kier molecular flexibility index (Phi) is 4.19. The average Bonchev–Trinajstić information content (AvgIpc) is 2.24. The van der Waals surface area contributed by atoms with Gasteiger partial charge in [0.05, 0.1) is 9.85 Å². The van der Waals surface area contributed by atoms with Gasteiger partial charge in [0.1, 0.15) is 18.8 Å². The second-order valence-electron chi connectivity index (χ2n) is 3.00. The number of nitrogens with zero attached hydrogens (tertiary/aromatic N) is 2. The molecule has 0 radical (unpaired) electrons. The van der Waals surface area contributed by atoms with Crippen molar-refractivity contribution in [3.8, 4) is 5.75 Å². The van der Waals surface area contributed by atoms with Crippen molar-refractivity contribution >= 4 is 0 Å². The molecule has 86 valence electrons. The highest BCUT2D eigenvalue weighted by atomic mass is 16.7. The maximum absolute atomic E-state index is 10.3. The molecule has 1 aromatic carbocycles. The van der Waals surface area contributed by atoms with E-state index in [1.54, 1.807) is 30.3 Å². The summed E-state index contributed by atoms with van der Waals surface area (Å²) in [7, 11) is 0. The first kappa shape index (κ1) is 11.9. The summed E-state index contributed by atoms with van der Waals surface area (Å²) in [5, 5.41) is 20.6. The number of para-hydroxylation sites is 1. The molecule has 0 saturated heterocycles. The summed E-state index contributed by atoms with van der Waals surface area (Å²) in [5.74, 6) is 0.535. The summed E-state index contributed by atoms with van der Waals surface area (Å²) in [4.78, 5) is 18.7. The van der Waals surface area contributed by atoms with Crippen LogP contribution in [0, 0.1) is 20.2 Å². The molecule has 0 amide bonds. The monoisotopic (exact) mass is 226 g/mol. The van der Waals surface area contributed by atoms with Gasteiger partial charge in [0.15, 0.2) is 0 Å². The lowest BCUT2D eigenvalue weighted by molar-refractivity contribution is -0.743. The highest BCUT2D eigenvalue weighted by Crippen LogP contribution is 2.09. The second-order valence-corrected chi connectivity index (χ2v) is 3.00. The topological polar surface area (TPSA) is 95.5 Å². The normalized spacial score (nSPS) is 10.1. The van der Waals surface area contributed by atoms with Gasteiger partial charge in [-0.1, -0.05) is 18.2 Å². The quantitative estimate of drug-likeness (QED) is 0.414. The molecule has 0 aliphatic heterocycles. The van der Waals surface area contributed by atoms with Gasteiger partial charge in [0.2, 0.25) is 0 Å². The molecule has 7 heteroatoms. The Morgan fingerprint density at radius 3 is 2.19 bits per heavy atom. The molecule has 0 bridgehead atoms. The number of hydrogen-bond acceptors (Lipinski definition) is 5. The van der Waals surface area contributed by atoms with Crippen molar-refractivity contribution in [2.24, 2.45) is 0 Å². The lowest BCUT2D eigenvalue weighted by Gasteiger charge is -2.05. The number of benzene rings is 1. The third-order valence-corrected chi connectivity index (χ3v) is 1.87. The van der Waals surface area contributed by atoms with E-state index in [1.165, 1.54) is 0 Å². The molecule has 16 heavy (non-hydrogen) atoms. The van der Waals surface area contributed by atoms with Gasteiger partial charge in [-0.3, -0.25) is 20.2 Å². The molecule has 0 fully saturated rings. The van der Waals surface area contributed by atoms with E-state index in [-0.39, 0.29) is 13.0 Å². The van der Waals surface area contributed by atoms with Gasteiger partial charge in [-0.2, -0.15) is 0 Å². The highest BCUT2D eigenvalue weighted by molar-refractivity contribution is 5.20. The molecule has 1 rings (SSSR count). The molecule has 0 saturated carbocycles. The van der Waals surface area contributed by atoms with Gasteiger partial charge in [-0.15, -0.1) is 0 Å². The predicted molar refractivity (Wildman–Crippen MR) is 54.3 cm³/mol. The number of hydrogen-bond donors (Lipinski definition) is 0. The average molecular weight is 226 g/mol. The molecule has 0 atom stereocenters. The van der Waals surface area contributed by atoms with Gasteiger partial charge < -0.3 is 4.74 Å². The van der Waals surface area contributed by atoms with Crippen molar-refractivity contribution in [2.45, 2.75) is 12.6 Å². The van der Waals surface area contributed by atoms with Crippen LogP contribution in [0.2, 0.25) is 0 Å². The van der Waals surface area contributed by atoms with E-state index in [4.69, 9.17) is 4.74 Å². The van der Waals surface area contributed by atoms with E-state index in [9.17, 15) is 20.2 Å². The fourth-order valence-corrected chi connectivity index (χ4v) is 1.09. The number of ether oxygens (including phenoxy) is 1. The fraction of sp³-hybridized carbons (Fsp3) is 0.333. The minimum atomic E-state index is -1.80. The summed E-state index contributed by atoms with van der Waals surface area (Å²) in [5.41, 5.74) is 0. The van der Waals surface area contributed by atoms with Crippen LogP contribution in [0.15, 0.2) is 30.3 Å². The Morgan fingerprint density at radius 2 is 1.69 bits per heavy atom. The molecule has 0 N–H and O–H groups in total. The Labute approximate surface area is 90.9 Å². The fourth-order valence-electron chi connectivity index (χ4n) is 1.09. The van der Waals surface area contributed by atoms with Crippen molar-refractivity contribution in [1.29, 1.82) is 0 Å². The summed E-state index contributed by atoms with van der Waals surface area (Å²) in [6, 6.07) is 8.63. The van der Waals surface area contributed by atoms with Crippen LogP contribution in [0.4, 0.5) is 0 Å². The van der Waals surface area contributed by atoms with Crippen LogP contribution in [0.1, 0.15) is 6.42 Å². The molecular weight excluding hydrogens is 216 g/mol. The van der Waals surface area contributed by atoms with Gasteiger partial charge in [0, 0.05) is 0 Å². The van der Waals surface area contributed by atoms with Crippen LogP contribution in [-0.2, 0) is 0 Å². The van der Waals surface area contributed by atoms with E-state index >= 15 is 0 Å². The SMILES string of the molecule is O=[N+]([O-])C(CCOc1ccccc1)[N+](=O)[O-]. The zero-order valence-corrected chi connectivity index (χ0v) is 8.31. The first-order valence-electron chi connectivity index (χ1n) is 4.56. The van der Waals surface area contributed by atoms with Crippen LogP contribution in [0.5, 0.6) is 5.75 Å². The number of nitro groups is 2. The van der Waals surface area contributed by atoms with Crippen molar-refractivity contribution in [3.05, 3.63) is 50.6 Å². The molecule has 0 aromatic heterocycles. The summed E-state index contributed by atoms with van der Waals surface area (Å²) in [6.45, 7) is -0.0589. The van der Waals surface area contributed by atoms with Crippen LogP contribution in [0.3, 0.4) is 0 Å². The lowest BCUT2D eigenvalue weighted by Crippen LogP contribution is -2.30. The van der Waals surface area contributed by atoms with Crippen molar-refractivity contribution < 1.29 is 14.6 Å². The Morgan fingerprint density at radius 1 is 1.12 bits per heavy atom. The summed E-state index contributed by atoms with van der Waals surface area (Å²) in [6.07, 6.45) is -2.06. The first-order valence-corrected chi connectivity index (χ1v) is 4.56. The van der Waals surface area contributed by atoms with Crippen LogP contribution >= 0.6 is 0 Å². The van der Waals surface area contributed by atoms with Gasteiger partial charge >= 0.3 is 6.17 Å². The van der Waals surface area contributed by atoms with Crippen molar-refractivity contribution in [1.82, 2.24) is 0 Å². The minimum Gasteiger partial charge on any atom is -0.493 e. The largest absolute Gasteiger partial charge is 0.493 e. The zero-order chi connectivity index (χ0) is 12.0. The Hall–Kier alpha value is -2.18. The molecular formula is C9H10N2O5. The maximum atomic E-state index is 10.3. The Bertz CT molecular complexity index is 353. The van der Waals surface area contributed by atoms with Crippen LogP contribution < -0.4 is 4.74 Å². The maximum Gasteiger partial charge on any atom is 0.454 e. The third kappa shape index (κ3) is 3.52. The molecule has 1 aromatic rings. The van der Waals surface area contributed by atoms with E-state index in [2.05, 4.69) is 0 Å². The summed E-state index contributed by atoms with van der Waals surface area (Å²) >= 11 is 0. The predicted octanol–water partition coefficient (Wildman–Crippen LogP) is 1.33. The molecule has 7 nitrogen and oxygen atoms in total. The molecule has 0 unspecified atom stereocenters. The summed E-state index contributed by atoms with van der Waals surface area (Å²) < 4.78 is 5.13. The van der Waals surface area contributed by atoms with Crippen LogP contribution in [0.25, 0.3) is 0 Å². The van der Waals surface area contributed by atoms with E-state index in [0.29, 0.717) is 5.75 Å². The van der Waals surface area contributed by atoms with Gasteiger partial charge in [-0.25, -0.2) is 0 Å². The lowest BCUT2D eigenvalue weighted by atomic mass is 10.3. The molecule has 0 spiro atoms. The molecule has 0 aliphatic carbocycles. The molecule has 0 heterocycles. The van der Waals surface area contributed by atoms with Crippen molar-refractivity contribution in [3.63, 3.8) is 0 Å². The van der Waals surface area contributed by atoms with E-state index in [0.717, 1.165) is 0 Å². The minimum absolute atomic E-state index is 0.0589. The Balaban J connectivity index is 2.40. The van der Waals surface area contributed by atoms with E-state index < -0.39 is 16.0 Å². The molecule has 0 aliphatic rings. The van der Waals surface area contributed by atoms with E-state index in [1.807, 2.05) is 0 Å². The number of rotatable bonds is 6. The third-order valence-electron chi connectivity index (χ3n) is 1.87. The smallest absolute Gasteiger partial charge is 0.454 e. The second kappa shape index (κ2) is 5.64. The standard InChI is InChI=1S/C9H10N2O5/c12-10(13)9(11(14)15)6-7-16-8-4-2-1-3-5-8/h1-5,9H,6-7H2. The van der Waals surface area contributed by atoms with Gasteiger partial charge in [-0.05, 0) is 12.1 Å².